The molecule has 0 bridgehead atoms. The molecule has 9 heteroatoms. The number of likely N-dealkylation sites (tertiary alicyclic amines) is 1. The van der Waals surface area contributed by atoms with Crippen LogP contribution in [0.4, 0.5) is 5.69 Å². The summed E-state index contributed by atoms with van der Waals surface area (Å²) >= 11 is 5.90. The second-order valence-electron chi connectivity index (χ2n) is 6.86. The van der Waals surface area contributed by atoms with Crippen molar-refractivity contribution in [2.75, 3.05) is 0 Å². The van der Waals surface area contributed by atoms with E-state index in [1.807, 2.05) is 0 Å². The van der Waals surface area contributed by atoms with Crippen LogP contribution in [0.3, 0.4) is 0 Å². The molecular weight excluding hydrogens is 424 g/mol. The van der Waals surface area contributed by atoms with Gasteiger partial charge < -0.3 is 14.4 Å². The molecule has 1 saturated heterocycles. The lowest BCUT2D eigenvalue weighted by Gasteiger charge is -2.24. The second kappa shape index (κ2) is 8.08. The zero-order chi connectivity index (χ0) is 22.1. The van der Waals surface area contributed by atoms with Crippen LogP contribution in [0.1, 0.15) is 22.9 Å². The zero-order valence-electron chi connectivity index (χ0n) is 15.9. The number of hydrogen-bond acceptors (Lipinski definition) is 6. The van der Waals surface area contributed by atoms with Crippen molar-refractivity contribution in [3.8, 4) is 0 Å². The van der Waals surface area contributed by atoms with Crippen molar-refractivity contribution in [2.45, 2.75) is 12.6 Å². The highest BCUT2D eigenvalue weighted by Gasteiger charge is 2.46. The minimum absolute atomic E-state index is 0.0172. The third-order valence-corrected chi connectivity index (χ3v) is 5.24. The molecule has 31 heavy (non-hydrogen) atoms. The number of carbonyl (C=O) groups excluding carboxylic acids is 2. The summed E-state index contributed by atoms with van der Waals surface area (Å²) in [6.45, 7) is -0.0172. The molecule has 4 rings (SSSR count). The summed E-state index contributed by atoms with van der Waals surface area (Å²) in [6.07, 6.45) is 1.44. The number of rotatable bonds is 5. The van der Waals surface area contributed by atoms with Gasteiger partial charge in [-0.05, 0) is 54.1 Å². The van der Waals surface area contributed by atoms with Gasteiger partial charge in [0.2, 0.25) is 0 Å². The molecule has 0 unspecified atom stereocenters. The van der Waals surface area contributed by atoms with E-state index >= 15 is 0 Å². The Morgan fingerprint density at radius 3 is 2.35 bits per heavy atom. The maximum atomic E-state index is 12.9. The summed E-state index contributed by atoms with van der Waals surface area (Å²) < 4.78 is 5.32. The molecule has 2 heterocycles. The number of carbonyl (C=O) groups is 2. The predicted octanol–water partition coefficient (Wildman–Crippen LogP) is 4.46. The number of aliphatic hydroxyl groups excluding tert-OH is 1. The van der Waals surface area contributed by atoms with Crippen LogP contribution in [0.25, 0.3) is 5.76 Å². The lowest BCUT2D eigenvalue weighted by Crippen LogP contribution is -2.29. The molecule has 1 atom stereocenters. The fourth-order valence-corrected chi connectivity index (χ4v) is 3.63. The van der Waals surface area contributed by atoms with Gasteiger partial charge in [0.15, 0.2) is 0 Å². The monoisotopic (exact) mass is 438 g/mol. The zero-order valence-corrected chi connectivity index (χ0v) is 16.7. The van der Waals surface area contributed by atoms with Gasteiger partial charge in [-0.2, -0.15) is 0 Å². The van der Waals surface area contributed by atoms with Crippen molar-refractivity contribution in [3.05, 3.63) is 105 Å². The number of nitro groups is 1. The maximum absolute atomic E-state index is 12.9. The van der Waals surface area contributed by atoms with Crippen LogP contribution in [0.15, 0.2) is 76.9 Å². The molecule has 1 aliphatic rings. The number of nitrogens with zero attached hydrogens (tertiary/aromatic N) is 2. The highest BCUT2D eigenvalue weighted by molar-refractivity contribution is 6.46. The first-order valence-corrected chi connectivity index (χ1v) is 9.55. The van der Waals surface area contributed by atoms with Crippen LogP contribution in [-0.2, 0) is 16.1 Å². The van der Waals surface area contributed by atoms with Crippen molar-refractivity contribution in [2.24, 2.45) is 0 Å². The number of hydrogen-bond donors (Lipinski definition) is 1. The topological polar surface area (TPSA) is 114 Å². The number of furan rings is 1. The molecule has 1 aliphatic heterocycles. The van der Waals surface area contributed by atoms with Crippen molar-refractivity contribution in [1.29, 1.82) is 0 Å². The molecule has 1 N–H and O–H groups in total. The normalized spacial score (nSPS) is 17.8. The average Bonchev–Trinajstić information content (AvgIpc) is 3.36. The molecule has 0 radical (unpaired) electrons. The van der Waals surface area contributed by atoms with E-state index in [9.17, 15) is 24.8 Å². The SMILES string of the molecule is O=C1C(=O)N(Cc2ccco2)[C@@H](c2ccc([N+](=O)[O-])cc2)/C1=C(\O)c1ccc(Cl)cc1. The van der Waals surface area contributed by atoms with Gasteiger partial charge in [0.1, 0.15) is 11.5 Å². The van der Waals surface area contributed by atoms with Gasteiger partial charge in [-0.3, -0.25) is 19.7 Å². The van der Waals surface area contributed by atoms with Gasteiger partial charge in [0.05, 0.1) is 29.3 Å². The van der Waals surface area contributed by atoms with Crippen molar-refractivity contribution in [1.82, 2.24) is 4.90 Å². The Bertz CT molecular complexity index is 1180. The third kappa shape index (κ3) is 3.80. The standard InChI is InChI=1S/C22H15ClN2O6/c23-15-7-3-14(4-8-15)20(26)18-19(13-5-9-16(10-6-13)25(29)30)24(22(28)21(18)27)12-17-2-1-11-31-17/h1-11,19,26H,12H2/b20-18+/t19-/m0/s1. The van der Waals surface area contributed by atoms with Gasteiger partial charge in [-0.15, -0.1) is 0 Å². The summed E-state index contributed by atoms with van der Waals surface area (Å²) in [5.74, 6) is -1.58. The Hall–Kier alpha value is -3.91. The molecule has 2 aromatic carbocycles. The minimum atomic E-state index is -0.957. The summed E-state index contributed by atoms with van der Waals surface area (Å²) in [5.41, 5.74) is 0.497. The molecule has 8 nitrogen and oxygen atoms in total. The molecule has 0 aliphatic carbocycles. The van der Waals surface area contributed by atoms with Crippen molar-refractivity contribution in [3.63, 3.8) is 0 Å². The largest absolute Gasteiger partial charge is 0.507 e. The molecule has 0 saturated carbocycles. The maximum Gasteiger partial charge on any atom is 0.296 e. The Morgan fingerprint density at radius 2 is 1.77 bits per heavy atom. The van der Waals surface area contributed by atoms with Crippen LogP contribution in [0.5, 0.6) is 0 Å². The Labute approximate surface area is 181 Å². The van der Waals surface area contributed by atoms with Crippen LogP contribution in [0.2, 0.25) is 5.02 Å². The first kappa shape index (κ1) is 20.4. The van der Waals surface area contributed by atoms with E-state index in [0.29, 0.717) is 21.9 Å². The predicted molar refractivity (Wildman–Crippen MR) is 111 cm³/mol. The lowest BCUT2D eigenvalue weighted by atomic mass is 9.95. The third-order valence-electron chi connectivity index (χ3n) is 4.98. The summed E-state index contributed by atoms with van der Waals surface area (Å²) in [4.78, 5) is 37.5. The highest BCUT2D eigenvalue weighted by atomic mass is 35.5. The summed E-state index contributed by atoms with van der Waals surface area (Å²) in [5, 5.41) is 22.4. The number of amides is 1. The second-order valence-corrected chi connectivity index (χ2v) is 7.30. The minimum Gasteiger partial charge on any atom is -0.507 e. The average molecular weight is 439 g/mol. The van der Waals surface area contributed by atoms with E-state index in [0.717, 1.165) is 0 Å². The van der Waals surface area contributed by atoms with Crippen LogP contribution in [-0.4, -0.2) is 26.6 Å². The van der Waals surface area contributed by atoms with Crippen LogP contribution in [0, 0.1) is 10.1 Å². The van der Waals surface area contributed by atoms with Crippen molar-refractivity contribution >= 4 is 34.7 Å². The van der Waals surface area contributed by atoms with E-state index in [1.165, 1.54) is 47.6 Å². The Balaban J connectivity index is 1.85. The number of nitro benzene ring substituents is 1. The highest BCUT2D eigenvalue weighted by Crippen LogP contribution is 2.40. The number of non-ortho nitro benzene ring substituents is 1. The van der Waals surface area contributed by atoms with Gasteiger partial charge >= 0.3 is 0 Å². The van der Waals surface area contributed by atoms with Gasteiger partial charge in [-0.1, -0.05) is 11.6 Å². The van der Waals surface area contributed by atoms with E-state index in [1.54, 1.807) is 24.3 Å². The molecule has 1 aromatic heterocycles. The van der Waals surface area contributed by atoms with Crippen LogP contribution < -0.4 is 0 Å². The number of benzene rings is 2. The summed E-state index contributed by atoms with van der Waals surface area (Å²) in [6, 6.07) is 14.0. The lowest BCUT2D eigenvalue weighted by molar-refractivity contribution is -0.384. The van der Waals surface area contributed by atoms with E-state index in [4.69, 9.17) is 16.0 Å². The van der Waals surface area contributed by atoms with E-state index < -0.39 is 22.7 Å². The fourth-order valence-electron chi connectivity index (χ4n) is 3.50. The number of aliphatic hydroxyl groups is 1. The number of halogens is 1. The smallest absolute Gasteiger partial charge is 0.296 e. The van der Waals surface area contributed by atoms with E-state index in [-0.39, 0.29) is 23.6 Å². The number of ketones is 1. The van der Waals surface area contributed by atoms with Gasteiger partial charge in [0, 0.05) is 22.7 Å². The first-order chi connectivity index (χ1) is 14.9. The van der Waals surface area contributed by atoms with Crippen LogP contribution >= 0.6 is 11.6 Å². The van der Waals surface area contributed by atoms with Crippen molar-refractivity contribution < 1.29 is 24.0 Å². The Morgan fingerprint density at radius 1 is 1.10 bits per heavy atom. The molecule has 1 fully saturated rings. The quantitative estimate of drug-likeness (QED) is 0.207. The molecule has 0 spiro atoms. The molecular formula is C22H15ClN2O6. The fraction of sp³-hybridized carbons (Fsp3) is 0.0909. The molecule has 1 amide bonds. The number of Topliss-reactive ketones (excluding diaryl/α,β-unsaturated/α-hetero) is 1. The van der Waals surface area contributed by atoms with Gasteiger partial charge in [-0.25, -0.2) is 0 Å². The Kier molecular flexibility index (Phi) is 5.31. The molecule has 3 aromatic rings. The first-order valence-electron chi connectivity index (χ1n) is 9.18. The molecule has 156 valence electrons. The van der Waals surface area contributed by atoms with E-state index in [2.05, 4.69) is 0 Å². The van der Waals surface area contributed by atoms with Gasteiger partial charge in [0.25, 0.3) is 17.4 Å². The summed E-state index contributed by atoms with van der Waals surface area (Å²) in [7, 11) is 0.